The van der Waals surface area contributed by atoms with Gasteiger partial charge in [-0.25, -0.2) is 4.98 Å². The number of carbonyl (C=O) groups excluding carboxylic acids is 1. The third-order valence-corrected chi connectivity index (χ3v) is 5.46. The molecule has 0 radical (unpaired) electrons. The average Bonchev–Trinajstić information content (AvgIpc) is 2.75. The van der Waals surface area contributed by atoms with Crippen LogP contribution in [0.25, 0.3) is 11.3 Å². The zero-order chi connectivity index (χ0) is 18.5. The van der Waals surface area contributed by atoms with Gasteiger partial charge in [-0.1, -0.05) is 73.9 Å². The molecule has 1 saturated carbocycles. The largest absolute Gasteiger partial charge is 0.287 e. The summed E-state index contributed by atoms with van der Waals surface area (Å²) in [6.45, 7) is 0.319. The van der Waals surface area contributed by atoms with Gasteiger partial charge in [0.1, 0.15) is 5.69 Å². The predicted octanol–water partition coefficient (Wildman–Crippen LogP) is 4.97. The van der Waals surface area contributed by atoms with E-state index in [1.165, 1.54) is 37.7 Å². The van der Waals surface area contributed by atoms with Gasteiger partial charge in [0.15, 0.2) is 12.4 Å². The van der Waals surface area contributed by atoms with E-state index in [0.717, 1.165) is 16.8 Å². The van der Waals surface area contributed by atoms with Crippen LogP contribution in [0.2, 0.25) is 0 Å². The summed E-state index contributed by atoms with van der Waals surface area (Å²) in [5, 5.41) is 0. The van der Waals surface area contributed by atoms with Crippen LogP contribution in [0, 0.1) is 0 Å². The summed E-state index contributed by atoms with van der Waals surface area (Å²) in [4.78, 5) is 16.9. The molecule has 136 valence electrons. The molecular formula is C24H25N2O+. The van der Waals surface area contributed by atoms with E-state index >= 15 is 0 Å². The number of benzene rings is 2. The van der Waals surface area contributed by atoms with Crippen molar-refractivity contribution in [3.05, 3.63) is 84.3 Å². The highest BCUT2D eigenvalue weighted by atomic mass is 16.1. The van der Waals surface area contributed by atoms with Gasteiger partial charge in [-0.15, -0.1) is 0 Å². The van der Waals surface area contributed by atoms with Crippen molar-refractivity contribution in [3.8, 4) is 11.3 Å². The number of carbonyl (C=O) groups is 1. The maximum absolute atomic E-state index is 12.4. The molecule has 0 saturated heterocycles. The lowest BCUT2D eigenvalue weighted by atomic mass is 9.84. The van der Waals surface area contributed by atoms with Gasteiger partial charge in [0.2, 0.25) is 12.3 Å². The van der Waals surface area contributed by atoms with Crippen LogP contribution in [-0.2, 0) is 6.54 Å². The molecule has 0 N–H and O–H groups in total. The second-order valence-electron chi connectivity index (χ2n) is 7.36. The Hall–Kier alpha value is -2.81. The molecule has 0 atom stereocenters. The van der Waals surface area contributed by atoms with Crippen LogP contribution in [-0.4, -0.2) is 10.8 Å². The third kappa shape index (κ3) is 4.30. The minimum atomic E-state index is 0.102. The lowest BCUT2D eigenvalue weighted by molar-refractivity contribution is -0.683. The lowest BCUT2D eigenvalue weighted by Crippen LogP contribution is -2.37. The van der Waals surface area contributed by atoms with Gasteiger partial charge in [0.05, 0.1) is 6.20 Å². The number of rotatable bonds is 5. The van der Waals surface area contributed by atoms with Gasteiger partial charge in [-0.05, 0) is 24.3 Å². The van der Waals surface area contributed by atoms with Crippen molar-refractivity contribution < 1.29 is 9.36 Å². The lowest BCUT2D eigenvalue weighted by Gasteiger charge is -2.22. The Morgan fingerprint density at radius 3 is 2.44 bits per heavy atom. The smallest absolute Gasteiger partial charge is 0.227 e. The van der Waals surface area contributed by atoms with Crippen molar-refractivity contribution in [2.24, 2.45) is 0 Å². The number of Topliss-reactive ketones (excluding diaryl/α,β-unsaturated/α-hetero) is 1. The highest BCUT2D eigenvalue weighted by Gasteiger charge is 2.16. The monoisotopic (exact) mass is 357 g/mol. The molecule has 1 aliphatic carbocycles. The molecule has 1 aliphatic rings. The Bertz CT molecular complexity index is 897. The topological polar surface area (TPSA) is 33.8 Å². The highest BCUT2D eigenvalue weighted by molar-refractivity contribution is 5.94. The first-order valence-corrected chi connectivity index (χ1v) is 9.83. The van der Waals surface area contributed by atoms with Crippen molar-refractivity contribution in [3.63, 3.8) is 0 Å². The van der Waals surface area contributed by atoms with Crippen LogP contribution in [0.15, 0.2) is 73.2 Å². The van der Waals surface area contributed by atoms with E-state index in [-0.39, 0.29) is 5.78 Å². The third-order valence-electron chi connectivity index (χ3n) is 5.46. The van der Waals surface area contributed by atoms with Crippen LogP contribution in [0.1, 0.15) is 53.9 Å². The molecule has 0 unspecified atom stereocenters. The predicted molar refractivity (Wildman–Crippen MR) is 106 cm³/mol. The molecule has 3 aromatic rings. The average molecular weight is 357 g/mol. The van der Waals surface area contributed by atoms with Crippen LogP contribution in [0.4, 0.5) is 0 Å². The Morgan fingerprint density at radius 1 is 0.963 bits per heavy atom. The van der Waals surface area contributed by atoms with Crippen molar-refractivity contribution in [1.82, 2.24) is 4.98 Å². The van der Waals surface area contributed by atoms with E-state index in [2.05, 4.69) is 29.2 Å². The molecular weight excluding hydrogens is 332 g/mol. The number of ketones is 1. The summed E-state index contributed by atoms with van der Waals surface area (Å²) in [7, 11) is 0. The molecule has 27 heavy (non-hydrogen) atoms. The second-order valence-corrected chi connectivity index (χ2v) is 7.36. The van der Waals surface area contributed by atoms with Crippen molar-refractivity contribution >= 4 is 5.78 Å². The molecule has 1 heterocycles. The Morgan fingerprint density at radius 2 is 1.70 bits per heavy atom. The summed E-state index contributed by atoms with van der Waals surface area (Å²) in [6.07, 6.45) is 12.3. The molecule has 1 fully saturated rings. The van der Waals surface area contributed by atoms with Gasteiger partial charge in [0.25, 0.3) is 0 Å². The highest BCUT2D eigenvalue weighted by Crippen LogP contribution is 2.33. The quantitative estimate of drug-likeness (QED) is 0.477. The molecule has 0 bridgehead atoms. The first kappa shape index (κ1) is 17.6. The fourth-order valence-corrected chi connectivity index (χ4v) is 3.92. The molecule has 3 nitrogen and oxygen atoms in total. The van der Waals surface area contributed by atoms with Gasteiger partial charge in [-0.3, -0.25) is 4.79 Å². The van der Waals surface area contributed by atoms with E-state index in [1.807, 2.05) is 47.3 Å². The van der Waals surface area contributed by atoms with Crippen molar-refractivity contribution in [2.75, 3.05) is 0 Å². The van der Waals surface area contributed by atoms with Crippen LogP contribution in [0.3, 0.4) is 0 Å². The maximum Gasteiger partial charge on any atom is 0.227 e. The van der Waals surface area contributed by atoms with Crippen LogP contribution >= 0.6 is 0 Å². The minimum absolute atomic E-state index is 0.102. The zero-order valence-corrected chi connectivity index (χ0v) is 15.6. The van der Waals surface area contributed by atoms with Gasteiger partial charge in [-0.2, -0.15) is 4.57 Å². The number of aromatic nitrogens is 2. The fraction of sp³-hybridized carbons (Fsp3) is 0.292. The fourth-order valence-electron chi connectivity index (χ4n) is 3.92. The minimum Gasteiger partial charge on any atom is -0.287 e. The van der Waals surface area contributed by atoms with E-state index < -0.39 is 0 Å². The first-order chi connectivity index (χ1) is 13.3. The maximum atomic E-state index is 12.4. The van der Waals surface area contributed by atoms with Gasteiger partial charge >= 0.3 is 0 Å². The van der Waals surface area contributed by atoms with Crippen molar-refractivity contribution in [1.29, 1.82) is 0 Å². The van der Waals surface area contributed by atoms with Crippen molar-refractivity contribution in [2.45, 2.75) is 44.6 Å². The van der Waals surface area contributed by atoms with E-state index in [4.69, 9.17) is 0 Å². The number of hydrogen-bond acceptors (Lipinski definition) is 2. The van der Waals surface area contributed by atoms with E-state index in [1.54, 1.807) is 6.20 Å². The zero-order valence-electron chi connectivity index (χ0n) is 15.6. The Kier molecular flexibility index (Phi) is 5.38. The molecule has 2 aromatic carbocycles. The molecule has 4 rings (SSSR count). The van der Waals surface area contributed by atoms with Crippen LogP contribution in [0.5, 0.6) is 0 Å². The first-order valence-electron chi connectivity index (χ1n) is 9.83. The number of hydrogen-bond donors (Lipinski definition) is 0. The molecule has 0 aliphatic heterocycles. The molecule has 1 aromatic heterocycles. The number of nitrogens with zero attached hydrogens (tertiary/aromatic N) is 2. The van der Waals surface area contributed by atoms with Crippen LogP contribution < -0.4 is 4.57 Å². The van der Waals surface area contributed by atoms with Gasteiger partial charge in [0, 0.05) is 11.1 Å². The van der Waals surface area contributed by atoms with Gasteiger partial charge < -0.3 is 0 Å². The summed E-state index contributed by atoms with van der Waals surface area (Å²) in [6, 6.07) is 18.2. The van der Waals surface area contributed by atoms with E-state index in [0.29, 0.717) is 12.5 Å². The molecule has 3 heteroatoms. The summed E-state index contributed by atoms with van der Waals surface area (Å²) in [5.41, 5.74) is 4.17. The second kappa shape index (κ2) is 8.26. The Labute approximate surface area is 160 Å². The normalized spacial score (nSPS) is 14.8. The Balaban J connectivity index is 1.49. The SMILES string of the molecule is O=C(C[n+]1ccnc(-c2ccc(C3CCCCC3)cc2)c1)c1ccccc1. The summed E-state index contributed by atoms with van der Waals surface area (Å²) in [5.74, 6) is 0.815. The summed E-state index contributed by atoms with van der Waals surface area (Å²) >= 11 is 0. The standard InChI is InChI=1S/C24H25N2O/c27-24(22-9-5-2-6-10-22)18-26-16-15-25-23(17-26)21-13-11-20(12-14-21)19-7-3-1-4-8-19/h2,5-6,9-17,19H,1,3-4,7-8,18H2/q+1. The molecule has 0 spiro atoms. The summed E-state index contributed by atoms with van der Waals surface area (Å²) < 4.78 is 1.91. The van der Waals surface area contributed by atoms with E-state index in [9.17, 15) is 4.79 Å². The molecule has 0 amide bonds.